The van der Waals surface area contributed by atoms with Crippen LogP contribution in [0.15, 0.2) is 66.2 Å². The summed E-state index contributed by atoms with van der Waals surface area (Å²) < 4.78 is 16.5. The van der Waals surface area contributed by atoms with Crippen molar-refractivity contribution in [1.82, 2.24) is 9.97 Å². The van der Waals surface area contributed by atoms with E-state index in [4.69, 9.17) is 25.8 Å². The van der Waals surface area contributed by atoms with Crippen LogP contribution in [0.5, 0.6) is 17.2 Å². The molecule has 3 aromatic carbocycles. The highest BCUT2D eigenvalue weighted by Gasteiger charge is 2.48. The maximum absolute atomic E-state index is 13.6. The summed E-state index contributed by atoms with van der Waals surface area (Å²) in [5.74, 6) is -0.903. The van der Waals surface area contributed by atoms with Gasteiger partial charge in [-0.3, -0.25) is 14.5 Å². The van der Waals surface area contributed by atoms with Gasteiger partial charge in [0.05, 0.1) is 53.6 Å². The Labute approximate surface area is 229 Å². The minimum atomic E-state index is -1.01. The zero-order valence-electron chi connectivity index (χ0n) is 21.7. The van der Waals surface area contributed by atoms with Crippen molar-refractivity contribution in [3.63, 3.8) is 0 Å². The van der Waals surface area contributed by atoms with E-state index in [9.17, 15) is 14.7 Å². The number of aromatic amines is 1. The second-order valence-corrected chi connectivity index (χ2v) is 9.58. The van der Waals surface area contributed by atoms with E-state index < -0.39 is 23.5 Å². The number of halogens is 1. The van der Waals surface area contributed by atoms with Gasteiger partial charge in [-0.15, -0.1) is 0 Å². The fourth-order valence-corrected chi connectivity index (χ4v) is 4.84. The number of hydrogen-bond acceptors (Lipinski definition) is 7. The average molecular weight is 548 g/mol. The van der Waals surface area contributed by atoms with Gasteiger partial charge in [0.2, 0.25) is 5.95 Å². The molecule has 1 amide bonds. The molecule has 1 atom stereocenters. The maximum atomic E-state index is 13.6. The minimum Gasteiger partial charge on any atom is -0.507 e. The van der Waals surface area contributed by atoms with Crippen LogP contribution in [0.2, 0.25) is 5.02 Å². The number of aliphatic hydroxyl groups excluding tert-OH is 1. The lowest BCUT2D eigenvalue weighted by molar-refractivity contribution is -0.132. The number of benzene rings is 3. The Morgan fingerprint density at radius 3 is 2.36 bits per heavy atom. The van der Waals surface area contributed by atoms with Gasteiger partial charge in [0.15, 0.2) is 0 Å². The van der Waals surface area contributed by atoms with Crippen LogP contribution in [0, 0.1) is 0 Å². The standard InChI is InChI=1S/C29H26ClN3O6/c1-15(2)39-17-11-9-16(10-12-17)25-24(26(34)18-13-23(38-4)19(30)14-22(18)37-3)27(35)28(36)33(25)29-31-20-7-5-6-8-21(20)32-29/h5-15,25,34H,1-4H3,(H,31,32)/b26-24+. The van der Waals surface area contributed by atoms with E-state index in [1.165, 1.54) is 31.3 Å². The summed E-state index contributed by atoms with van der Waals surface area (Å²) in [4.78, 5) is 36.0. The fraction of sp³-hybridized carbons (Fsp3) is 0.207. The highest BCUT2D eigenvalue weighted by molar-refractivity contribution is 6.51. The monoisotopic (exact) mass is 547 g/mol. The molecule has 200 valence electrons. The van der Waals surface area contributed by atoms with Gasteiger partial charge >= 0.3 is 5.91 Å². The Bertz CT molecular complexity index is 1580. The Kier molecular flexibility index (Phi) is 6.93. The van der Waals surface area contributed by atoms with Crippen LogP contribution in [0.3, 0.4) is 0 Å². The lowest BCUT2D eigenvalue weighted by Crippen LogP contribution is -2.30. The lowest BCUT2D eigenvalue weighted by Gasteiger charge is -2.23. The second kappa shape index (κ2) is 10.3. The largest absolute Gasteiger partial charge is 0.507 e. The van der Waals surface area contributed by atoms with E-state index in [0.29, 0.717) is 22.3 Å². The number of para-hydroxylation sites is 2. The van der Waals surface area contributed by atoms with Crippen molar-refractivity contribution in [3.8, 4) is 17.2 Å². The van der Waals surface area contributed by atoms with Crippen molar-refractivity contribution in [2.45, 2.75) is 26.0 Å². The first-order valence-corrected chi connectivity index (χ1v) is 12.6. The van der Waals surface area contributed by atoms with Crippen molar-refractivity contribution in [3.05, 3.63) is 82.4 Å². The molecule has 0 aliphatic carbocycles. The quantitative estimate of drug-likeness (QED) is 0.175. The predicted octanol–water partition coefficient (Wildman–Crippen LogP) is 5.65. The average Bonchev–Trinajstić information content (AvgIpc) is 3.46. The Morgan fingerprint density at radius 2 is 1.72 bits per heavy atom. The number of aliphatic hydroxyl groups is 1. The van der Waals surface area contributed by atoms with E-state index in [2.05, 4.69) is 9.97 Å². The molecule has 1 aromatic heterocycles. The molecule has 2 heterocycles. The smallest absolute Gasteiger partial charge is 0.302 e. The number of imidazole rings is 1. The predicted molar refractivity (Wildman–Crippen MR) is 148 cm³/mol. The van der Waals surface area contributed by atoms with Crippen LogP contribution in [-0.2, 0) is 9.59 Å². The number of Topliss-reactive ketones (excluding diaryl/α,β-unsaturated/α-hetero) is 1. The van der Waals surface area contributed by atoms with Crippen molar-refractivity contribution < 1.29 is 28.9 Å². The number of nitrogens with one attached hydrogen (secondary N) is 1. The molecular formula is C29H26ClN3O6. The van der Waals surface area contributed by atoms with Gasteiger partial charge in [0.25, 0.3) is 5.78 Å². The molecule has 0 radical (unpaired) electrons. The summed E-state index contributed by atoms with van der Waals surface area (Å²) in [5, 5.41) is 11.8. The van der Waals surface area contributed by atoms with Crippen LogP contribution < -0.4 is 19.1 Å². The second-order valence-electron chi connectivity index (χ2n) is 9.17. The number of H-pyrrole nitrogens is 1. The van der Waals surface area contributed by atoms with E-state index in [1.807, 2.05) is 32.0 Å². The summed E-state index contributed by atoms with van der Waals surface area (Å²) in [6.45, 7) is 3.83. The van der Waals surface area contributed by atoms with Crippen molar-refractivity contribution in [2.75, 3.05) is 19.1 Å². The van der Waals surface area contributed by atoms with Crippen LogP contribution >= 0.6 is 11.6 Å². The molecule has 0 spiro atoms. The molecule has 2 N–H and O–H groups in total. The summed E-state index contributed by atoms with van der Waals surface area (Å²) in [6, 6.07) is 16.2. The van der Waals surface area contributed by atoms with E-state index in [0.717, 1.165) is 0 Å². The number of aromatic nitrogens is 2. The van der Waals surface area contributed by atoms with Gasteiger partial charge in [-0.1, -0.05) is 35.9 Å². The first kappa shape index (κ1) is 26.1. The third kappa shape index (κ3) is 4.66. The Morgan fingerprint density at radius 1 is 1.03 bits per heavy atom. The topological polar surface area (TPSA) is 114 Å². The number of hydrogen-bond donors (Lipinski definition) is 2. The van der Waals surface area contributed by atoms with E-state index in [-0.39, 0.29) is 39.7 Å². The number of methoxy groups -OCH3 is 2. The molecule has 1 saturated heterocycles. The molecule has 1 aliphatic heterocycles. The summed E-state index contributed by atoms with van der Waals surface area (Å²) >= 11 is 6.26. The van der Waals surface area contributed by atoms with Crippen molar-refractivity contribution >= 4 is 46.0 Å². The first-order valence-electron chi connectivity index (χ1n) is 12.2. The number of nitrogens with zero attached hydrogens (tertiary/aromatic N) is 2. The summed E-state index contributed by atoms with van der Waals surface area (Å²) in [5.41, 5.74) is 1.88. The Hall–Kier alpha value is -4.50. The zero-order chi connectivity index (χ0) is 27.8. The Balaban J connectivity index is 1.73. The number of carbonyl (C=O) groups excluding carboxylic acids is 2. The number of carbonyl (C=O) groups is 2. The van der Waals surface area contributed by atoms with Crippen LogP contribution in [0.25, 0.3) is 16.8 Å². The molecule has 5 rings (SSSR count). The zero-order valence-corrected chi connectivity index (χ0v) is 22.4. The fourth-order valence-electron chi connectivity index (χ4n) is 4.61. The van der Waals surface area contributed by atoms with Gasteiger partial charge in [0, 0.05) is 6.07 Å². The van der Waals surface area contributed by atoms with E-state index in [1.54, 1.807) is 30.3 Å². The third-order valence-electron chi connectivity index (χ3n) is 6.35. The normalized spacial score (nSPS) is 16.8. The van der Waals surface area contributed by atoms with Crippen molar-refractivity contribution in [2.24, 2.45) is 0 Å². The molecule has 0 saturated carbocycles. The molecule has 1 unspecified atom stereocenters. The molecular weight excluding hydrogens is 522 g/mol. The number of ether oxygens (including phenoxy) is 3. The van der Waals surface area contributed by atoms with Gasteiger partial charge in [-0.05, 0) is 49.7 Å². The van der Waals surface area contributed by atoms with Crippen LogP contribution in [0.1, 0.15) is 31.0 Å². The molecule has 4 aromatic rings. The van der Waals surface area contributed by atoms with Gasteiger partial charge in [-0.25, -0.2) is 4.98 Å². The van der Waals surface area contributed by atoms with Crippen LogP contribution in [0.4, 0.5) is 5.95 Å². The summed E-state index contributed by atoms with van der Waals surface area (Å²) in [7, 11) is 2.84. The molecule has 39 heavy (non-hydrogen) atoms. The highest BCUT2D eigenvalue weighted by Crippen LogP contribution is 2.44. The number of fused-ring (bicyclic) bond motifs is 1. The lowest BCUT2D eigenvalue weighted by atomic mass is 9.95. The maximum Gasteiger partial charge on any atom is 0.302 e. The highest BCUT2D eigenvalue weighted by atomic mass is 35.5. The minimum absolute atomic E-state index is 0.0376. The SMILES string of the molecule is COc1cc(/C(O)=C2\C(=O)C(=O)N(c3nc4ccccc4[nH]3)C2c2ccc(OC(C)C)cc2)c(OC)cc1Cl. The number of rotatable bonds is 7. The summed E-state index contributed by atoms with van der Waals surface area (Å²) in [6.07, 6.45) is -0.0376. The number of anilines is 1. The van der Waals surface area contributed by atoms with Gasteiger partial charge < -0.3 is 24.3 Å². The first-order chi connectivity index (χ1) is 18.7. The number of amides is 1. The molecule has 9 nitrogen and oxygen atoms in total. The molecule has 1 fully saturated rings. The number of ketones is 1. The third-order valence-corrected chi connectivity index (χ3v) is 6.64. The van der Waals surface area contributed by atoms with Gasteiger partial charge in [0.1, 0.15) is 23.0 Å². The van der Waals surface area contributed by atoms with E-state index >= 15 is 0 Å². The molecule has 1 aliphatic rings. The van der Waals surface area contributed by atoms with Gasteiger partial charge in [-0.2, -0.15) is 0 Å². The molecule has 0 bridgehead atoms. The molecule has 10 heteroatoms. The van der Waals surface area contributed by atoms with Crippen molar-refractivity contribution in [1.29, 1.82) is 0 Å². The van der Waals surface area contributed by atoms with Crippen LogP contribution in [-0.4, -0.2) is 47.1 Å².